The number of amides is 1. The number of hydrogen-bond donors (Lipinski definition) is 2. The van der Waals surface area contributed by atoms with E-state index in [2.05, 4.69) is 15.3 Å². The number of aromatic nitrogens is 2. The minimum atomic E-state index is -1.86. The minimum Gasteiger partial charge on any atom is -0.453 e. The molecule has 0 radical (unpaired) electrons. The molecule has 2 bridgehead atoms. The first-order chi connectivity index (χ1) is 17.5. The fourth-order valence-corrected chi connectivity index (χ4v) is 6.28. The van der Waals surface area contributed by atoms with E-state index in [0.717, 1.165) is 37.1 Å². The molecule has 1 atom stereocenters. The molecule has 4 aliphatic rings. The molecule has 1 amide bonds. The SMILES string of the molecule is O=C(C[N+]12CCC(CC1)[C@@H](OC(=O)C1(O)c3ccccc3Cc3ccccc31)C2)Nc1cnccn1. The standard InChI is InChI=1S/C28H28N4O4/c33-26(31-25-16-29-11-12-30-25)18-32-13-9-19(10-14-32)24(17-32)36-27(34)28(35)22-7-3-1-5-20(22)15-21-6-2-4-8-23(21)28/h1-8,11-12,16,19,24,35H,9-10,13-15,17-18H2/p+1/t19?,24-,32?/m0/s1. The maximum absolute atomic E-state index is 13.8. The number of carbonyl (C=O) groups is 2. The number of ether oxygens (including phenoxy) is 1. The van der Waals surface area contributed by atoms with E-state index in [4.69, 9.17) is 4.74 Å². The third-order valence-electron chi connectivity index (χ3n) is 8.10. The molecule has 3 fully saturated rings. The molecule has 2 N–H and O–H groups in total. The Labute approximate surface area is 209 Å². The van der Waals surface area contributed by atoms with Crippen LogP contribution in [0, 0.1) is 5.92 Å². The van der Waals surface area contributed by atoms with Crippen molar-refractivity contribution in [3.63, 3.8) is 0 Å². The summed E-state index contributed by atoms with van der Waals surface area (Å²) in [5.41, 5.74) is 1.16. The van der Waals surface area contributed by atoms with Gasteiger partial charge in [-0.2, -0.15) is 0 Å². The van der Waals surface area contributed by atoms with Crippen molar-refractivity contribution >= 4 is 17.7 Å². The van der Waals surface area contributed by atoms with Crippen molar-refractivity contribution < 1.29 is 23.9 Å². The molecule has 8 heteroatoms. The van der Waals surface area contributed by atoms with Gasteiger partial charge in [0.25, 0.3) is 5.91 Å². The van der Waals surface area contributed by atoms with Crippen LogP contribution in [0.25, 0.3) is 0 Å². The predicted molar refractivity (Wildman–Crippen MR) is 132 cm³/mol. The summed E-state index contributed by atoms with van der Waals surface area (Å²) in [6, 6.07) is 15.1. The molecule has 3 aliphatic heterocycles. The smallest absolute Gasteiger partial charge is 0.348 e. The summed E-state index contributed by atoms with van der Waals surface area (Å²) >= 11 is 0. The number of benzene rings is 2. The van der Waals surface area contributed by atoms with Crippen LogP contribution in [0.5, 0.6) is 0 Å². The molecule has 36 heavy (non-hydrogen) atoms. The zero-order chi connectivity index (χ0) is 24.8. The molecule has 4 heterocycles. The minimum absolute atomic E-state index is 0.130. The molecule has 7 rings (SSSR count). The van der Waals surface area contributed by atoms with Gasteiger partial charge in [0, 0.05) is 42.3 Å². The molecule has 8 nitrogen and oxygen atoms in total. The number of nitrogens with one attached hydrogen (secondary N) is 1. The first kappa shape index (κ1) is 22.8. The topological polar surface area (TPSA) is 101 Å². The van der Waals surface area contributed by atoms with E-state index in [-0.39, 0.29) is 24.5 Å². The average Bonchev–Trinajstić information content (AvgIpc) is 2.90. The molecule has 3 saturated heterocycles. The number of carbonyl (C=O) groups excluding carboxylic acids is 2. The normalized spacial score (nSPS) is 25.4. The van der Waals surface area contributed by atoms with Gasteiger partial charge in [-0.25, -0.2) is 9.78 Å². The Bertz CT molecular complexity index is 1260. The van der Waals surface area contributed by atoms with Crippen molar-refractivity contribution in [1.82, 2.24) is 9.97 Å². The lowest BCUT2D eigenvalue weighted by molar-refractivity contribution is -0.939. The van der Waals surface area contributed by atoms with Gasteiger partial charge in [-0.15, -0.1) is 0 Å². The Morgan fingerprint density at radius 1 is 1.03 bits per heavy atom. The highest BCUT2D eigenvalue weighted by Crippen LogP contribution is 2.42. The first-order valence-electron chi connectivity index (χ1n) is 12.5. The van der Waals surface area contributed by atoms with Crippen LogP contribution in [0.3, 0.4) is 0 Å². The molecule has 0 unspecified atom stereocenters. The number of piperidine rings is 3. The number of anilines is 1. The van der Waals surface area contributed by atoms with Crippen molar-refractivity contribution in [1.29, 1.82) is 0 Å². The van der Waals surface area contributed by atoms with Gasteiger partial charge in [0.1, 0.15) is 6.54 Å². The van der Waals surface area contributed by atoms with Crippen molar-refractivity contribution in [2.24, 2.45) is 5.92 Å². The maximum atomic E-state index is 13.8. The maximum Gasteiger partial charge on any atom is 0.348 e. The average molecular weight is 486 g/mol. The second kappa shape index (κ2) is 8.80. The van der Waals surface area contributed by atoms with Crippen molar-refractivity contribution in [3.05, 3.63) is 89.4 Å². The summed E-state index contributed by atoms with van der Waals surface area (Å²) in [4.78, 5) is 34.7. The quantitative estimate of drug-likeness (QED) is 0.425. The largest absolute Gasteiger partial charge is 0.453 e. The summed E-state index contributed by atoms with van der Waals surface area (Å²) in [5, 5.41) is 14.8. The van der Waals surface area contributed by atoms with E-state index in [9.17, 15) is 14.7 Å². The van der Waals surface area contributed by atoms with E-state index in [1.807, 2.05) is 48.5 Å². The second-order valence-electron chi connectivity index (χ2n) is 10.3. The van der Waals surface area contributed by atoms with Crippen LogP contribution in [-0.2, 0) is 26.3 Å². The van der Waals surface area contributed by atoms with Gasteiger partial charge >= 0.3 is 5.97 Å². The third-order valence-corrected chi connectivity index (χ3v) is 8.10. The highest BCUT2D eigenvalue weighted by Gasteiger charge is 2.52. The van der Waals surface area contributed by atoms with Gasteiger partial charge in [-0.05, 0) is 17.5 Å². The first-order valence-corrected chi connectivity index (χ1v) is 12.5. The zero-order valence-electron chi connectivity index (χ0n) is 20.0. The van der Waals surface area contributed by atoms with E-state index in [0.29, 0.717) is 34.4 Å². The number of quaternary nitrogens is 1. The van der Waals surface area contributed by atoms with E-state index in [1.54, 1.807) is 6.20 Å². The molecule has 0 spiro atoms. The molecule has 3 aromatic rings. The number of esters is 1. The van der Waals surface area contributed by atoms with Crippen LogP contribution in [0.4, 0.5) is 5.82 Å². The molecular weight excluding hydrogens is 456 g/mol. The Hall–Kier alpha value is -3.62. The lowest BCUT2D eigenvalue weighted by Crippen LogP contribution is -2.66. The van der Waals surface area contributed by atoms with Crippen LogP contribution in [0.2, 0.25) is 0 Å². The van der Waals surface area contributed by atoms with Crippen molar-refractivity contribution in [2.75, 3.05) is 31.5 Å². The lowest BCUT2D eigenvalue weighted by Gasteiger charge is -2.51. The van der Waals surface area contributed by atoms with Crippen LogP contribution in [0.15, 0.2) is 67.1 Å². The Kier molecular flexibility index (Phi) is 5.58. The summed E-state index contributed by atoms with van der Waals surface area (Å²) in [7, 11) is 0. The monoisotopic (exact) mass is 485 g/mol. The van der Waals surface area contributed by atoms with Crippen molar-refractivity contribution in [2.45, 2.75) is 31.0 Å². The Morgan fingerprint density at radius 3 is 2.33 bits per heavy atom. The van der Waals surface area contributed by atoms with Crippen LogP contribution in [0.1, 0.15) is 35.1 Å². The number of nitrogens with zero attached hydrogens (tertiary/aromatic N) is 3. The van der Waals surface area contributed by atoms with Gasteiger partial charge < -0.3 is 19.6 Å². The highest BCUT2D eigenvalue weighted by atomic mass is 16.6. The van der Waals surface area contributed by atoms with Crippen LogP contribution in [-0.4, -0.2) is 63.7 Å². The number of fused-ring (bicyclic) bond motifs is 5. The van der Waals surface area contributed by atoms with Gasteiger partial charge in [0.15, 0.2) is 18.5 Å². The van der Waals surface area contributed by atoms with Crippen molar-refractivity contribution in [3.8, 4) is 0 Å². The number of hydrogen-bond acceptors (Lipinski definition) is 6. The second-order valence-corrected chi connectivity index (χ2v) is 10.3. The molecule has 2 aromatic carbocycles. The summed E-state index contributed by atoms with van der Waals surface area (Å²) in [6.45, 7) is 2.57. The molecular formula is C28H29N4O4+. The molecule has 1 aromatic heterocycles. The van der Waals surface area contributed by atoms with Crippen LogP contribution >= 0.6 is 0 Å². The van der Waals surface area contributed by atoms with E-state index < -0.39 is 11.6 Å². The summed E-state index contributed by atoms with van der Waals surface area (Å²) in [5.74, 6) is -0.111. The molecule has 1 aliphatic carbocycles. The third kappa shape index (κ3) is 3.86. The lowest BCUT2D eigenvalue weighted by atomic mass is 9.74. The predicted octanol–water partition coefficient (Wildman–Crippen LogP) is 2.41. The van der Waals surface area contributed by atoms with Gasteiger partial charge in [0.2, 0.25) is 5.60 Å². The Morgan fingerprint density at radius 2 is 1.69 bits per heavy atom. The fraction of sp³-hybridized carbons (Fsp3) is 0.357. The van der Waals surface area contributed by atoms with Gasteiger partial charge in [-0.1, -0.05) is 48.5 Å². The Balaban J connectivity index is 1.23. The zero-order valence-corrected chi connectivity index (χ0v) is 20.0. The fourth-order valence-electron chi connectivity index (χ4n) is 6.28. The number of aliphatic hydroxyl groups is 1. The highest BCUT2D eigenvalue weighted by molar-refractivity contribution is 5.90. The summed E-state index contributed by atoms with van der Waals surface area (Å²) < 4.78 is 6.71. The molecule has 0 saturated carbocycles. The van der Waals surface area contributed by atoms with E-state index >= 15 is 0 Å². The van der Waals surface area contributed by atoms with Gasteiger partial charge in [-0.3, -0.25) is 9.78 Å². The van der Waals surface area contributed by atoms with Crippen LogP contribution < -0.4 is 5.32 Å². The van der Waals surface area contributed by atoms with E-state index in [1.165, 1.54) is 12.4 Å². The number of rotatable bonds is 5. The molecule has 184 valence electrons. The van der Waals surface area contributed by atoms with Gasteiger partial charge in [0.05, 0.1) is 19.3 Å². The summed E-state index contributed by atoms with van der Waals surface area (Å²) in [6.07, 6.45) is 6.68.